The van der Waals surface area contributed by atoms with Crippen LogP contribution in [0.4, 0.5) is 18.9 Å². The summed E-state index contributed by atoms with van der Waals surface area (Å²) in [7, 11) is 0. The molecule has 2 aromatic rings. The zero-order valence-electron chi connectivity index (χ0n) is 12.5. The molecular formula is C16H13F3N2O3. The van der Waals surface area contributed by atoms with Gasteiger partial charge in [-0.15, -0.1) is 0 Å². The van der Waals surface area contributed by atoms with E-state index in [9.17, 15) is 28.1 Å². The van der Waals surface area contributed by atoms with E-state index in [0.717, 1.165) is 11.6 Å². The second-order valence-corrected chi connectivity index (χ2v) is 5.13. The molecule has 2 aromatic carbocycles. The first-order valence-electron chi connectivity index (χ1n) is 6.91. The van der Waals surface area contributed by atoms with Gasteiger partial charge in [-0.05, 0) is 18.6 Å². The summed E-state index contributed by atoms with van der Waals surface area (Å²) in [5.74, 6) is -0.819. The Labute approximate surface area is 135 Å². The van der Waals surface area contributed by atoms with Crippen LogP contribution in [0.5, 0.6) is 0 Å². The number of amides is 1. The lowest BCUT2D eigenvalue weighted by Gasteiger charge is -2.15. The number of rotatable bonds is 4. The lowest BCUT2D eigenvalue weighted by Crippen LogP contribution is -2.27. The Bertz CT molecular complexity index is 761. The average Bonchev–Trinajstić information content (AvgIpc) is 2.54. The number of nitrogens with one attached hydrogen (secondary N) is 1. The van der Waals surface area contributed by atoms with E-state index in [4.69, 9.17) is 0 Å². The van der Waals surface area contributed by atoms with Crippen LogP contribution in [-0.4, -0.2) is 10.8 Å². The standard InChI is InChI=1S/C16H13F3N2O3/c1-10(11-5-3-2-4-6-11)20-15(22)12-7-13(16(17,18)19)9-14(8-12)21(23)24/h2-10H,1H3,(H,20,22)/t10-/m1/s1. The zero-order valence-corrected chi connectivity index (χ0v) is 12.5. The Morgan fingerprint density at radius 3 is 2.33 bits per heavy atom. The highest BCUT2D eigenvalue weighted by molar-refractivity contribution is 5.95. The normalized spacial score (nSPS) is 12.5. The van der Waals surface area contributed by atoms with Crippen LogP contribution in [0.25, 0.3) is 0 Å². The third-order valence-electron chi connectivity index (χ3n) is 3.37. The van der Waals surface area contributed by atoms with Crippen molar-refractivity contribution in [3.05, 3.63) is 75.3 Å². The molecule has 0 heterocycles. The molecule has 2 rings (SSSR count). The van der Waals surface area contributed by atoms with Crippen molar-refractivity contribution >= 4 is 11.6 Å². The van der Waals surface area contributed by atoms with Gasteiger partial charge < -0.3 is 5.32 Å². The third kappa shape index (κ3) is 4.09. The molecule has 126 valence electrons. The minimum Gasteiger partial charge on any atom is -0.346 e. The highest BCUT2D eigenvalue weighted by atomic mass is 19.4. The number of benzene rings is 2. The van der Waals surface area contributed by atoms with Gasteiger partial charge in [0.1, 0.15) is 0 Å². The van der Waals surface area contributed by atoms with Gasteiger partial charge in [-0.3, -0.25) is 14.9 Å². The van der Waals surface area contributed by atoms with Crippen LogP contribution in [-0.2, 0) is 6.18 Å². The van der Waals surface area contributed by atoms with E-state index >= 15 is 0 Å². The first-order chi connectivity index (χ1) is 11.2. The first-order valence-corrected chi connectivity index (χ1v) is 6.91. The largest absolute Gasteiger partial charge is 0.416 e. The first kappa shape index (κ1) is 17.5. The molecule has 1 atom stereocenters. The van der Waals surface area contributed by atoms with Crippen molar-refractivity contribution in [3.8, 4) is 0 Å². The molecule has 0 aliphatic heterocycles. The Balaban J connectivity index is 2.31. The van der Waals surface area contributed by atoms with E-state index in [-0.39, 0.29) is 0 Å². The van der Waals surface area contributed by atoms with Crippen molar-refractivity contribution in [2.75, 3.05) is 0 Å². The van der Waals surface area contributed by atoms with E-state index in [1.807, 2.05) is 0 Å². The minimum absolute atomic E-state index is 0.400. The number of hydrogen-bond acceptors (Lipinski definition) is 3. The van der Waals surface area contributed by atoms with Gasteiger partial charge in [0.25, 0.3) is 11.6 Å². The number of alkyl halides is 3. The maximum atomic E-state index is 12.8. The molecular weight excluding hydrogens is 325 g/mol. The SMILES string of the molecule is C[C@@H](NC(=O)c1cc([N+](=O)[O-])cc(C(F)(F)F)c1)c1ccccc1. The second-order valence-electron chi connectivity index (χ2n) is 5.13. The number of carbonyl (C=O) groups is 1. The highest BCUT2D eigenvalue weighted by Crippen LogP contribution is 2.32. The Kier molecular flexibility index (Phi) is 4.87. The molecule has 0 saturated carbocycles. The lowest BCUT2D eigenvalue weighted by atomic mass is 10.1. The number of nitro groups is 1. The summed E-state index contributed by atoms with van der Waals surface area (Å²) in [5.41, 5.74) is -1.69. The predicted molar refractivity (Wildman–Crippen MR) is 80.4 cm³/mol. The van der Waals surface area contributed by atoms with Crippen LogP contribution in [0.1, 0.15) is 34.5 Å². The van der Waals surface area contributed by atoms with Crippen molar-refractivity contribution in [2.24, 2.45) is 0 Å². The minimum atomic E-state index is -4.79. The van der Waals surface area contributed by atoms with Gasteiger partial charge in [0.15, 0.2) is 0 Å². The van der Waals surface area contributed by atoms with Crippen LogP contribution in [0.3, 0.4) is 0 Å². The molecule has 5 nitrogen and oxygen atoms in total. The van der Waals surface area contributed by atoms with Gasteiger partial charge in [0, 0.05) is 17.7 Å². The smallest absolute Gasteiger partial charge is 0.346 e. The molecule has 0 spiro atoms. The van der Waals surface area contributed by atoms with Gasteiger partial charge in [-0.25, -0.2) is 0 Å². The Hall–Kier alpha value is -2.90. The van der Waals surface area contributed by atoms with Crippen LogP contribution < -0.4 is 5.32 Å². The topological polar surface area (TPSA) is 72.2 Å². The number of halogens is 3. The predicted octanol–water partition coefficient (Wildman–Crippen LogP) is 4.10. The molecule has 0 aromatic heterocycles. The Morgan fingerprint density at radius 1 is 1.17 bits per heavy atom. The number of nitrogens with zero attached hydrogens (tertiary/aromatic N) is 1. The van der Waals surface area contributed by atoms with Crippen molar-refractivity contribution in [2.45, 2.75) is 19.1 Å². The van der Waals surface area contributed by atoms with Crippen molar-refractivity contribution in [3.63, 3.8) is 0 Å². The quantitative estimate of drug-likeness (QED) is 0.674. The molecule has 0 radical (unpaired) electrons. The van der Waals surface area contributed by atoms with Crippen molar-refractivity contribution in [1.29, 1.82) is 0 Å². The van der Waals surface area contributed by atoms with E-state index in [0.29, 0.717) is 12.1 Å². The van der Waals surface area contributed by atoms with Crippen LogP contribution >= 0.6 is 0 Å². The fourth-order valence-electron chi connectivity index (χ4n) is 2.12. The molecule has 0 unspecified atom stereocenters. The molecule has 24 heavy (non-hydrogen) atoms. The monoisotopic (exact) mass is 338 g/mol. The van der Waals surface area contributed by atoms with Gasteiger partial charge in [-0.2, -0.15) is 13.2 Å². The number of non-ortho nitro benzene ring substituents is 1. The van der Waals surface area contributed by atoms with Crippen LogP contribution in [0.15, 0.2) is 48.5 Å². The van der Waals surface area contributed by atoms with E-state index in [2.05, 4.69) is 5.32 Å². The van der Waals surface area contributed by atoms with Crippen molar-refractivity contribution < 1.29 is 22.9 Å². The van der Waals surface area contributed by atoms with Gasteiger partial charge in [0.05, 0.1) is 16.5 Å². The maximum absolute atomic E-state index is 12.8. The van der Waals surface area contributed by atoms with Crippen LogP contribution in [0.2, 0.25) is 0 Å². The summed E-state index contributed by atoms with van der Waals surface area (Å²) in [5, 5.41) is 13.3. The second kappa shape index (κ2) is 6.69. The molecule has 0 saturated heterocycles. The van der Waals surface area contributed by atoms with Gasteiger partial charge in [-0.1, -0.05) is 30.3 Å². The fourth-order valence-corrected chi connectivity index (χ4v) is 2.12. The third-order valence-corrected chi connectivity index (χ3v) is 3.37. The number of nitro benzene ring substituents is 1. The molecule has 1 amide bonds. The Morgan fingerprint density at radius 2 is 1.79 bits per heavy atom. The lowest BCUT2D eigenvalue weighted by molar-refractivity contribution is -0.385. The summed E-state index contributed by atoms with van der Waals surface area (Å²) in [6.45, 7) is 1.66. The summed E-state index contributed by atoms with van der Waals surface area (Å²) >= 11 is 0. The summed E-state index contributed by atoms with van der Waals surface area (Å²) in [6.07, 6.45) is -4.79. The fraction of sp³-hybridized carbons (Fsp3) is 0.188. The van der Waals surface area contributed by atoms with E-state index in [1.54, 1.807) is 37.3 Å². The van der Waals surface area contributed by atoms with Crippen molar-refractivity contribution in [1.82, 2.24) is 5.32 Å². The van der Waals surface area contributed by atoms with E-state index < -0.39 is 39.9 Å². The molecule has 1 N–H and O–H groups in total. The molecule has 8 heteroatoms. The number of hydrogen-bond donors (Lipinski definition) is 1. The highest BCUT2D eigenvalue weighted by Gasteiger charge is 2.33. The average molecular weight is 338 g/mol. The summed E-state index contributed by atoms with van der Waals surface area (Å²) < 4.78 is 38.5. The molecule has 0 aliphatic carbocycles. The maximum Gasteiger partial charge on any atom is 0.416 e. The molecule has 0 bridgehead atoms. The molecule has 0 fully saturated rings. The summed E-state index contributed by atoms with van der Waals surface area (Å²) in [6, 6.07) is 10.2. The zero-order chi connectivity index (χ0) is 17.9. The van der Waals surface area contributed by atoms with Gasteiger partial charge >= 0.3 is 6.18 Å². The van der Waals surface area contributed by atoms with Gasteiger partial charge in [0.2, 0.25) is 0 Å². The van der Waals surface area contributed by atoms with E-state index in [1.165, 1.54) is 0 Å². The number of carbonyl (C=O) groups excluding carboxylic acids is 1. The molecule has 0 aliphatic rings. The van der Waals surface area contributed by atoms with Crippen LogP contribution in [0, 0.1) is 10.1 Å². The summed E-state index contributed by atoms with van der Waals surface area (Å²) in [4.78, 5) is 22.0.